The maximum Gasteiger partial charge on any atom is 0.191 e. The molecule has 0 aliphatic carbocycles. The Hall–Kier alpha value is -1.76. The number of hydrogen-bond acceptors (Lipinski definition) is 4. The van der Waals surface area contributed by atoms with Gasteiger partial charge in [-0.25, -0.2) is 8.42 Å². The van der Waals surface area contributed by atoms with E-state index in [1.165, 1.54) is 6.26 Å². The molecule has 0 saturated carbocycles. The monoisotopic (exact) mass is 355 g/mol. The van der Waals surface area contributed by atoms with E-state index in [9.17, 15) is 8.42 Å². The Morgan fingerprint density at radius 1 is 1.21 bits per heavy atom. The van der Waals surface area contributed by atoms with Gasteiger partial charge in [0.05, 0.1) is 12.3 Å². The number of rotatable bonds is 9. The molecule has 0 radical (unpaired) electrons. The number of aliphatic imine (C=N–C) groups is 1. The lowest BCUT2D eigenvalue weighted by Crippen LogP contribution is -2.43. The highest BCUT2D eigenvalue weighted by atomic mass is 32.2. The Balaban J connectivity index is 2.29. The van der Waals surface area contributed by atoms with Crippen LogP contribution >= 0.6 is 0 Å². The predicted molar refractivity (Wildman–Crippen MR) is 99.4 cm³/mol. The van der Waals surface area contributed by atoms with Gasteiger partial charge in [0.15, 0.2) is 5.96 Å². The van der Waals surface area contributed by atoms with Crippen molar-refractivity contribution in [2.24, 2.45) is 10.4 Å². The Labute approximate surface area is 145 Å². The van der Waals surface area contributed by atoms with Crippen molar-refractivity contribution in [3.05, 3.63) is 30.3 Å². The van der Waals surface area contributed by atoms with Crippen LogP contribution in [-0.4, -0.2) is 53.1 Å². The smallest absolute Gasteiger partial charge is 0.191 e. The van der Waals surface area contributed by atoms with Gasteiger partial charge in [-0.15, -0.1) is 0 Å². The lowest BCUT2D eigenvalue weighted by molar-refractivity contribution is 0.320. The zero-order chi connectivity index (χ0) is 18.1. The van der Waals surface area contributed by atoms with Crippen LogP contribution in [0.2, 0.25) is 0 Å². The van der Waals surface area contributed by atoms with E-state index in [-0.39, 0.29) is 11.2 Å². The van der Waals surface area contributed by atoms with Gasteiger partial charge < -0.3 is 15.4 Å². The van der Waals surface area contributed by atoms with Gasteiger partial charge in [-0.05, 0) is 24.0 Å². The summed E-state index contributed by atoms with van der Waals surface area (Å²) < 4.78 is 28.2. The van der Waals surface area contributed by atoms with Gasteiger partial charge >= 0.3 is 0 Å². The minimum absolute atomic E-state index is 0.138. The molecule has 2 N–H and O–H groups in total. The summed E-state index contributed by atoms with van der Waals surface area (Å²) >= 11 is 0. The molecule has 1 rings (SSSR count). The molecule has 0 spiro atoms. The van der Waals surface area contributed by atoms with Crippen LogP contribution in [0.4, 0.5) is 0 Å². The fourth-order valence-corrected chi connectivity index (χ4v) is 2.87. The molecule has 0 amide bonds. The van der Waals surface area contributed by atoms with Crippen LogP contribution in [0.5, 0.6) is 5.75 Å². The van der Waals surface area contributed by atoms with E-state index < -0.39 is 9.84 Å². The molecule has 0 saturated heterocycles. The number of nitrogens with zero attached hydrogens (tertiary/aromatic N) is 1. The van der Waals surface area contributed by atoms with E-state index >= 15 is 0 Å². The van der Waals surface area contributed by atoms with Crippen molar-refractivity contribution in [2.75, 3.05) is 38.8 Å². The number of sulfone groups is 1. The molecule has 0 fully saturated rings. The Morgan fingerprint density at radius 3 is 2.46 bits per heavy atom. The minimum Gasteiger partial charge on any atom is -0.492 e. The van der Waals surface area contributed by atoms with E-state index in [2.05, 4.69) is 15.6 Å². The number of para-hydroxylation sites is 1. The number of hydrogen-bond donors (Lipinski definition) is 2. The molecule has 7 heteroatoms. The quantitative estimate of drug-likeness (QED) is 0.400. The lowest BCUT2D eigenvalue weighted by atomic mass is 9.90. The van der Waals surface area contributed by atoms with E-state index in [0.717, 1.165) is 5.75 Å². The second-order valence-electron chi connectivity index (χ2n) is 6.56. The number of ether oxygens (including phenoxy) is 1. The molecule has 0 unspecified atom stereocenters. The van der Waals surface area contributed by atoms with Crippen molar-refractivity contribution >= 4 is 15.8 Å². The summed E-state index contributed by atoms with van der Waals surface area (Å²) in [6.07, 6.45) is 1.87. The fraction of sp³-hybridized carbons (Fsp3) is 0.588. The second kappa shape index (κ2) is 9.52. The van der Waals surface area contributed by atoms with E-state index in [1.54, 1.807) is 7.05 Å². The molecule has 0 aliphatic heterocycles. The third-order valence-corrected chi connectivity index (χ3v) is 4.46. The molecular weight excluding hydrogens is 326 g/mol. The maximum absolute atomic E-state index is 11.3. The van der Waals surface area contributed by atoms with Crippen LogP contribution in [0.1, 0.15) is 20.3 Å². The van der Waals surface area contributed by atoms with Gasteiger partial charge in [0.1, 0.15) is 22.2 Å². The number of nitrogens with one attached hydrogen (secondary N) is 2. The van der Waals surface area contributed by atoms with Crippen molar-refractivity contribution in [2.45, 2.75) is 20.3 Å². The zero-order valence-electron chi connectivity index (χ0n) is 15.0. The van der Waals surface area contributed by atoms with Crippen LogP contribution < -0.4 is 15.4 Å². The molecule has 0 aliphatic rings. The second-order valence-corrected chi connectivity index (χ2v) is 8.82. The summed E-state index contributed by atoms with van der Waals surface area (Å²) in [5, 5.41) is 6.41. The van der Waals surface area contributed by atoms with Gasteiger partial charge in [0.25, 0.3) is 0 Å². The molecule has 24 heavy (non-hydrogen) atoms. The molecule has 0 atom stereocenters. The maximum atomic E-state index is 11.3. The van der Waals surface area contributed by atoms with Crippen LogP contribution in [0.15, 0.2) is 35.3 Å². The largest absolute Gasteiger partial charge is 0.492 e. The summed E-state index contributed by atoms with van der Waals surface area (Å²) in [5.41, 5.74) is -0.138. The SMILES string of the molecule is CN=C(NCCOc1ccccc1)NCC(C)(C)CCS(C)(=O)=O. The fourth-order valence-electron chi connectivity index (χ4n) is 1.95. The summed E-state index contributed by atoms with van der Waals surface area (Å²) in [6, 6.07) is 9.64. The molecule has 0 aromatic heterocycles. The third kappa shape index (κ3) is 9.39. The summed E-state index contributed by atoms with van der Waals surface area (Å²) in [7, 11) is -1.23. The highest BCUT2D eigenvalue weighted by Crippen LogP contribution is 2.19. The molecule has 1 aromatic carbocycles. The van der Waals surface area contributed by atoms with Crippen molar-refractivity contribution in [1.29, 1.82) is 0 Å². The first kappa shape index (κ1) is 20.3. The summed E-state index contributed by atoms with van der Waals surface area (Å²) in [5.74, 6) is 1.71. The normalized spacial score (nSPS) is 12.8. The van der Waals surface area contributed by atoms with Gasteiger partial charge in [0.2, 0.25) is 0 Å². The van der Waals surface area contributed by atoms with Gasteiger partial charge in [0, 0.05) is 19.8 Å². The first-order valence-corrected chi connectivity index (χ1v) is 10.1. The first-order chi connectivity index (χ1) is 11.2. The van der Waals surface area contributed by atoms with Gasteiger partial charge in [-0.3, -0.25) is 4.99 Å². The topological polar surface area (TPSA) is 79.8 Å². The van der Waals surface area contributed by atoms with E-state index in [4.69, 9.17) is 4.74 Å². The number of benzene rings is 1. The van der Waals surface area contributed by atoms with Crippen molar-refractivity contribution in [3.63, 3.8) is 0 Å². The van der Waals surface area contributed by atoms with Crippen LogP contribution in [0.25, 0.3) is 0 Å². The van der Waals surface area contributed by atoms with Crippen molar-refractivity contribution < 1.29 is 13.2 Å². The van der Waals surface area contributed by atoms with Gasteiger partial charge in [-0.2, -0.15) is 0 Å². The van der Waals surface area contributed by atoms with E-state index in [0.29, 0.717) is 32.1 Å². The Bertz CT molecular complexity index is 613. The minimum atomic E-state index is -2.94. The number of guanidine groups is 1. The molecule has 0 heterocycles. The Kier molecular flexibility index (Phi) is 8.04. The van der Waals surface area contributed by atoms with Gasteiger partial charge in [-0.1, -0.05) is 32.0 Å². The third-order valence-electron chi connectivity index (χ3n) is 3.51. The van der Waals surface area contributed by atoms with Crippen molar-refractivity contribution in [1.82, 2.24) is 10.6 Å². The summed E-state index contributed by atoms with van der Waals surface area (Å²) in [6.45, 7) is 5.87. The highest BCUT2D eigenvalue weighted by molar-refractivity contribution is 7.90. The van der Waals surface area contributed by atoms with Crippen LogP contribution in [0.3, 0.4) is 0 Å². The molecule has 136 valence electrons. The standard InChI is InChI=1S/C17H29N3O3S/c1-17(2,10-13-24(4,21)22)14-20-16(18-3)19-11-12-23-15-8-6-5-7-9-15/h5-9H,10-14H2,1-4H3,(H2,18,19,20). The molecule has 0 bridgehead atoms. The van der Waals surface area contributed by atoms with E-state index in [1.807, 2.05) is 44.2 Å². The van der Waals surface area contributed by atoms with Crippen LogP contribution in [0, 0.1) is 5.41 Å². The lowest BCUT2D eigenvalue weighted by Gasteiger charge is -2.25. The van der Waals surface area contributed by atoms with Crippen LogP contribution in [-0.2, 0) is 9.84 Å². The van der Waals surface area contributed by atoms with Crippen molar-refractivity contribution in [3.8, 4) is 5.75 Å². The first-order valence-electron chi connectivity index (χ1n) is 8.02. The Morgan fingerprint density at radius 2 is 1.88 bits per heavy atom. The molecule has 1 aromatic rings. The average molecular weight is 356 g/mol. The average Bonchev–Trinajstić information content (AvgIpc) is 2.53. The highest BCUT2D eigenvalue weighted by Gasteiger charge is 2.20. The summed E-state index contributed by atoms with van der Waals surface area (Å²) in [4.78, 5) is 4.17. The predicted octanol–water partition coefficient (Wildman–Crippen LogP) is 1.69. The molecular formula is C17H29N3O3S. The zero-order valence-corrected chi connectivity index (χ0v) is 15.8. The molecule has 6 nitrogen and oxygen atoms in total.